The van der Waals surface area contributed by atoms with Crippen molar-refractivity contribution in [1.82, 2.24) is 9.80 Å². The Bertz CT molecular complexity index is 1230. The zero-order valence-corrected chi connectivity index (χ0v) is 20.0. The van der Waals surface area contributed by atoms with Gasteiger partial charge in [-0.2, -0.15) is 0 Å². The Hall–Kier alpha value is -3.18. The van der Waals surface area contributed by atoms with Crippen molar-refractivity contribution in [2.75, 3.05) is 27.2 Å². The maximum Gasteiger partial charge on any atom is 0.239 e. The van der Waals surface area contributed by atoms with Gasteiger partial charge >= 0.3 is 0 Å². The molecule has 34 heavy (non-hydrogen) atoms. The SMILES string of the molecule is CN(C)C(=O)C1CC2(CCN(C(=O)C(N)Cc3ccc4ccccc4c3)CC2)c2ccccc21. The molecule has 2 aliphatic rings. The molecule has 5 rings (SSSR count). The molecule has 2 N–H and O–H groups in total. The Kier molecular flexibility index (Phi) is 5.90. The maximum atomic E-state index is 13.2. The van der Waals surface area contributed by atoms with E-state index in [1.165, 1.54) is 16.3 Å². The minimum absolute atomic E-state index is 0.0233. The third-order valence-corrected chi connectivity index (χ3v) is 7.86. The van der Waals surface area contributed by atoms with Gasteiger partial charge < -0.3 is 15.5 Å². The number of hydrogen-bond acceptors (Lipinski definition) is 3. The first kappa shape index (κ1) is 22.6. The van der Waals surface area contributed by atoms with Crippen LogP contribution < -0.4 is 5.73 Å². The Balaban J connectivity index is 1.27. The van der Waals surface area contributed by atoms with E-state index < -0.39 is 6.04 Å². The molecule has 0 aromatic heterocycles. The van der Waals surface area contributed by atoms with E-state index in [0.717, 1.165) is 30.4 Å². The van der Waals surface area contributed by atoms with E-state index in [1.807, 2.05) is 37.2 Å². The lowest BCUT2D eigenvalue weighted by molar-refractivity contribution is -0.135. The normalized spacial score (nSPS) is 19.7. The minimum Gasteiger partial charge on any atom is -0.348 e. The van der Waals surface area contributed by atoms with Crippen molar-refractivity contribution >= 4 is 22.6 Å². The number of likely N-dealkylation sites (N-methyl/N-ethyl adjacent to an activating group) is 1. The third-order valence-electron chi connectivity index (χ3n) is 7.86. The van der Waals surface area contributed by atoms with Gasteiger partial charge in [-0.05, 0) is 53.1 Å². The summed E-state index contributed by atoms with van der Waals surface area (Å²) in [7, 11) is 3.66. The van der Waals surface area contributed by atoms with Crippen LogP contribution in [-0.2, 0) is 21.4 Å². The Labute approximate surface area is 201 Å². The largest absolute Gasteiger partial charge is 0.348 e. The monoisotopic (exact) mass is 455 g/mol. The van der Waals surface area contributed by atoms with E-state index in [4.69, 9.17) is 5.73 Å². The number of nitrogens with zero attached hydrogens (tertiary/aromatic N) is 2. The molecule has 2 atom stereocenters. The molecule has 0 saturated carbocycles. The van der Waals surface area contributed by atoms with E-state index in [9.17, 15) is 9.59 Å². The average molecular weight is 456 g/mol. The van der Waals surface area contributed by atoms with E-state index in [-0.39, 0.29) is 23.1 Å². The number of piperidine rings is 1. The van der Waals surface area contributed by atoms with Crippen LogP contribution in [0.1, 0.15) is 41.9 Å². The highest BCUT2D eigenvalue weighted by molar-refractivity contribution is 5.86. The molecule has 2 unspecified atom stereocenters. The van der Waals surface area contributed by atoms with Gasteiger partial charge in [0.2, 0.25) is 11.8 Å². The number of carbonyl (C=O) groups excluding carboxylic acids is 2. The smallest absolute Gasteiger partial charge is 0.239 e. The standard InChI is InChI=1S/C29H33N3O2/c1-31(2)27(33)24-19-29(25-10-6-5-9-23(24)25)13-15-32(16-14-29)28(34)26(30)18-20-11-12-21-7-3-4-8-22(21)17-20/h3-12,17,24,26H,13-16,18-19,30H2,1-2H3. The van der Waals surface area contributed by atoms with Gasteiger partial charge in [-0.15, -0.1) is 0 Å². The lowest BCUT2D eigenvalue weighted by atomic mass is 9.73. The fourth-order valence-electron chi connectivity index (χ4n) is 6.00. The second-order valence-corrected chi connectivity index (χ2v) is 10.2. The Morgan fingerprint density at radius 2 is 1.68 bits per heavy atom. The van der Waals surface area contributed by atoms with Crippen LogP contribution >= 0.6 is 0 Å². The fraction of sp³-hybridized carbons (Fsp3) is 0.379. The second kappa shape index (κ2) is 8.88. The van der Waals surface area contributed by atoms with Crippen molar-refractivity contribution in [1.29, 1.82) is 0 Å². The van der Waals surface area contributed by atoms with Gasteiger partial charge in [0.25, 0.3) is 0 Å². The highest BCUT2D eigenvalue weighted by atomic mass is 16.2. The molecule has 0 radical (unpaired) electrons. The maximum absolute atomic E-state index is 13.2. The molecule has 1 aliphatic heterocycles. The predicted molar refractivity (Wildman–Crippen MR) is 136 cm³/mol. The number of amides is 2. The number of likely N-dealkylation sites (tertiary alicyclic amines) is 1. The fourth-order valence-corrected chi connectivity index (χ4v) is 6.00. The number of benzene rings is 3. The van der Waals surface area contributed by atoms with Crippen molar-refractivity contribution in [3.05, 3.63) is 83.4 Å². The van der Waals surface area contributed by atoms with Gasteiger partial charge in [0, 0.05) is 32.6 Å². The summed E-state index contributed by atoms with van der Waals surface area (Å²) in [4.78, 5) is 29.7. The topological polar surface area (TPSA) is 66.6 Å². The predicted octanol–water partition coefficient (Wildman–Crippen LogP) is 3.85. The summed E-state index contributed by atoms with van der Waals surface area (Å²) in [5.74, 6) is 0.0964. The molecule has 1 saturated heterocycles. The second-order valence-electron chi connectivity index (χ2n) is 10.2. The third kappa shape index (κ3) is 3.98. The summed E-state index contributed by atoms with van der Waals surface area (Å²) >= 11 is 0. The van der Waals surface area contributed by atoms with Crippen molar-refractivity contribution in [3.8, 4) is 0 Å². The number of fused-ring (bicyclic) bond motifs is 3. The minimum atomic E-state index is -0.547. The summed E-state index contributed by atoms with van der Waals surface area (Å²) in [5, 5.41) is 2.36. The van der Waals surface area contributed by atoms with Crippen LogP contribution in [0.15, 0.2) is 66.7 Å². The molecule has 2 amide bonds. The van der Waals surface area contributed by atoms with Gasteiger partial charge in [0.1, 0.15) is 0 Å². The first-order valence-corrected chi connectivity index (χ1v) is 12.2. The first-order chi connectivity index (χ1) is 16.4. The summed E-state index contributed by atoms with van der Waals surface area (Å²) in [6, 6.07) is 22.4. The summed E-state index contributed by atoms with van der Waals surface area (Å²) in [6.07, 6.45) is 3.10. The molecule has 5 nitrogen and oxygen atoms in total. The molecule has 1 fully saturated rings. The number of hydrogen-bond donors (Lipinski definition) is 1. The molecular formula is C29H33N3O2. The molecule has 0 bridgehead atoms. The highest BCUT2D eigenvalue weighted by Gasteiger charge is 2.48. The lowest BCUT2D eigenvalue weighted by Gasteiger charge is -2.41. The van der Waals surface area contributed by atoms with Crippen LogP contribution in [-0.4, -0.2) is 54.8 Å². The quantitative estimate of drug-likeness (QED) is 0.650. The molecule has 1 heterocycles. The molecule has 5 heteroatoms. The number of nitrogens with two attached hydrogens (primary N) is 1. The molecule has 1 aliphatic carbocycles. The van der Waals surface area contributed by atoms with Gasteiger partial charge in [0.15, 0.2) is 0 Å². The van der Waals surface area contributed by atoms with Crippen LogP contribution in [0.4, 0.5) is 0 Å². The van der Waals surface area contributed by atoms with Crippen molar-refractivity contribution in [2.45, 2.75) is 43.1 Å². The number of carbonyl (C=O) groups is 2. The zero-order valence-electron chi connectivity index (χ0n) is 20.0. The van der Waals surface area contributed by atoms with E-state index in [0.29, 0.717) is 19.5 Å². The number of rotatable bonds is 4. The van der Waals surface area contributed by atoms with Crippen LogP contribution in [0.3, 0.4) is 0 Å². The molecular weight excluding hydrogens is 422 g/mol. The van der Waals surface area contributed by atoms with Crippen LogP contribution in [0.25, 0.3) is 10.8 Å². The average Bonchev–Trinajstić information content (AvgIpc) is 3.17. The van der Waals surface area contributed by atoms with Crippen LogP contribution in [0.5, 0.6) is 0 Å². The summed E-state index contributed by atoms with van der Waals surface area (Å²) < 4.78 is 0. The first-order valence-electron chi connectivity index (χ1n) is 12.2. The van der Waals surface area contributed by atoms with Gasteiger partial charge in [-0.25, -0.2) is 0 Å². The molecule has 176 valence electrons. The van der Waals surface area contributed by atoms with E-state index >= 15 is 0 Å². The van der Waals surface area contributed by atoms with Gasteiger partial charge in [0.05, 0.1) is 12.0 Å². The molecule has 3 aromatic rings. The van der Waals surface area contributed by atoms with Crippen LogP contribution in [0.2, 0.25) is 0 Å². The zero-order chi connectivity index (χ0) is 23.9. The van der Waals surface area contributed by atoms with Gasteiger partial charge in [-0.3, -0.25) is 9.59 Å². The van der Waals surface area contributed by atoms with Crippen molar-refractivity contribution in [3.63, 3.8) is 0 Å². The van der Waals surface area contributed by atoms with E-state index in [2.05, 4.69) is 48.5 Å². The highest BCUT2D eigenvalue weighted by Crippen LogP contribution is 2.52. The molecule has 3 aromatic carbocycles. The van der Waals surface area contributed by atoms with Crippen molar-refractivity contribution < 1.29 is 9.59 Å². The Morgan fingerprint density at radius 3 is 2.41 bits per heavy atom. The lowest BCUT2D eigenvalue weighted by Crippen LogP contribution is -2.50. The molecule has 1 spiro atoms. The van der Waals surface area contributed by atoms with Crippen molar-refractivity contribution in [2.24, 2.45) is 5.73 Å². The van der Waals surface area contributed by atoms with Crippen LogP contribution in [0, 0.1) is 0 Å². The summed E-state index contributed by atoms with van der Waals surface area (Å²) in [6.45, 7) is 1.36. The van der Waals surface area contributed by atoms with Gasteiger partial charge in [-0.1, -0.05) is 66.7 Å². The van der Waals surface area contributed by atoms with E-state index in [1.54, 1.807) is 4.90 Å². The Morgan fingerprint density at radius 1 is 1.00 bits per heavy atom. The summed E-state index contributed by atoms with van der Waals surface area (Å²) in [5.41, 5.74) is 9.91.